The second-order valence-corrected chi connectivity index (χ2v) is 4.88. The second-order valence-electron chi connectivity index (χ2n) is 4.88. The van der Waals surface area contributed by atoms with Gasteiger partial charge in [-0.3, -0.25) is 0 Å². The lowest BCUT2D eigenvalue weighted by molar-refractivity contribution is 0.262. The molecule has 0 aliphatic heterocycles. The maximum absolute atomic E-state index is 5.96. The summed E-state index contributed by atoms with van der Waals surface area (Å²) in [5.74, 6) is 1.51. The summed E-state index contributed by atoms with van der Waals surface area (Å²) in [7, 11) is 4.03. The minimum absolute atomic E-state index is 0.435. The van der Waals surface area contributed by atoms with Gasteiger partial charge in [-0.2, -0.15) is 4.98 Å². The summed E-state index contributed by atoms with van der Waals surface area (Å²) in [4.78, 5) is 10.2. The van der Waals surface area contributed by atoms with E-state index in [-0.39, 0.29) is 0 Å². The van der Waals surface area contributed by atoms with E-state index in [1.54, 1.807) is 0 Å². The molecule has 6 heteroatoms. The lowest BCUT2D eigenvalue weighted by Crippen LogP contribution is -2.21. The van der Waals surface area contributed by atoms with E-state index in [4.69, 9.17) is 10.5 Å². The summed E-state index contributed by atoms with van der Waals surface area (Å²) in [6, 6.07) is 0. The fraction of sp³-hybridized carbons (Fsp3) is 0.667. The van der Waals surface area contributed by atoms with Gasteiger partial charge < -0.3 is 20.7 Å². The molecule has 1 rings (SSSR count). The number of ether oxygens (including phenoxy) is 1. The molecule has 102 valence electrons. The molecule has 0 spiro atoms. The Morgan fingerprint density at radius 1 is 1.39 bits per heavy atom. The van der Waals surface area contributed by atoms with Crippen LogP contribution in [0.4, 0.5) is 11.5 Å². The number of rotatable bonds is 7. The van der Waals surface area contributed by atoms with E-state index in [0.29, 0.717) is 29.9 Å². The quantitative estimate of drug-likeness (QED) is 0.757. The average Bonchev–Trinajstić information content (AvgIpc) is 2.29. The summed E-state index contributed by atoms with van der Waals surface area (Å²) in [6.45, 7) is 6.43. The van der Waals surface area contributed by atoms with Gasteiger partial charge >= 0.3 is 0 Å². The van der Waals surface area contributed by atoms with Crippen molar-refractivity contribution in [2.45, 2.75) is 13.8 Å². The Balaban J connectivity index is 2.60. The molecule has 0 saturated carbocycles. The van der Waals surface area contributed by atoms with Crippen molar-refractivity contribution in [3.8, 4) is 5.88 Å². The van der Waals surface area contributed by atoms with Crippen molar-refractivity contribution >= 4 is 11.5 Å². The molecule has 0 unspecified atom stereocenters. The molecule has 3 N–H and O–H groups in total. The number of nitrogens with one attached hydrogen (secondary N) is 1. The van der Waals surface area contributed by atoms with Crippen LogP contribution in [0.1, 0.15) is 13.8 Å². The van der Waals surface area contributed by atoms with Crippen molar-refractivity contribution in [3.63, 3.8) is 0 Å². The molecule has 0 atom stereocenters. The fourth-order valence-corrected chi connectivity index (χ4v) is 1.28. The van der Waals surface area contributed by atoms with E-state index >= 15 is 0 Å². The summed E-state index contributed by atoms with van der Waals surface area (Å²) in [5, 5.41) is 3.17. The number of nitrogens with two attached hydrogens (primary N) is 1. The van der Waals surface area contributed by atoms with Crippen LogP contribution in [0.25, 0.3) is 0 Å². The zero-order valence-corrected chi connectivity index (χ0v) is 11.6. The van der Waals surface area contributed by atoms with Crippen molar-refractivity contribution in [2.24, 2.45) is 5.92 Å². The molecule has 1 aromatic rings. The van der Waals surface area contributed by atoms with E-state index in [0.717, 1.165) is 13.1 Å². The maximum atomic E-state index is 5.96. The van der Waals surface area contributed by atoms with Gasteiger partial charge in [-0.15, -0.1) is 0 Å². The highest BCUT2D eigenvalue weighted by atomic mass is 16.5. The first-order chi connectivity index (χ1) is 8.50. The first kappa shape index (κ1) is 14.5. The molecule has 0 fully saturated rings. The van der Waals surface area contributed by atoms with Gasteiger partial charge in [0.05, 0.1) is 6.61 Å². The SMILES string of the molecule is CC(C)COc1ncnc(NCCN(C)C)c1N. The minimum Gasteiger partial charge on any atom is -0.476 e. The van der Waals surface area contributed by atoms with Gasteiger partial charge in [0, 0.05) is 13.1 Å². The number of anilines is 2. The lowest BCUT2D eigenvalue weighted by Gasteiger charge is -2.14. The summed E-state index contributed by atoms with van der Waals surface area (Å²) >= 11 is 0. The number of hydrogen-bond donors (Lipinski definition) is 2. The highest BCUT2D eigenvalue weighted by Crippen LogP contribution is 2.24. The minimum atomic E-state index is 0.435. The Morgan fingerprint density at radius 3 is 2.72 bits per heavy atom. The number of aromatic nitrogens is 2. The van der Waals surface area contributed by atoms with Crippen molar-refractivity contribution in [1.29, 1.82) is 0 Å². The molecule has 0 radical (unpaired) electrons. The van der Waals surface area contributed by atoms with Gasteiger partial charge in [-0.25, -0.2) is 4.98 Å². The molecule has 0 amide bonds. The maximum Gasteiger partial charge on any atom is 0.242 e. The van der Waals surface area contributed by atoms with E-state index < -0.39 is 0 Å². The van der Waals surface area contributed by atoms with E-state index in [1.807, 2.05) is 14.1 Å². The highest BCUT2D eigenvalue weighted by Gasteiger charge is 2.09. The Hall–Kier alpha value is -1.56. The molecule has 1 heterocycles. The number of nitrogens with zero attached hydrogens (tertiary/aromatic N) is 3. The average molecular weight is 253 g/mol. The standard InChI is InChI=1S/C12H23N5O/c1-9(2)7-18-12-10(13)11(15-8-16-12)14-5-6-17(3)4/h8-9H,5-7,13H2,1-4H3,(H,14,15,16). The Bertz CT molecular complexity index is 367. The predicted molar refractivity (Wildman–Crippen MR) is 73.8 cm³/mol. The molecule has 0 aliphatic carbocycles. The third-order valence-electron chi connectivity index (χ3n) is 2.25. The largest absolute Gasteiger partial charge is 0.476 e. The van der Waals surface area contributed by atoms with Gasteiger partial charge in [0.1, 0.15) is 12.0 Å². The fourth-order valence-electron chi connectivity index (χ4n) is 1.28. The van der Waals surface area contributed by atoms with Crippen LogP contribution in [-0.4, -0.2) is 48.7 Å². The van der Waals surface area contributed by atoms with Gasteiger partial charge in [0.25, 0.3) is 0 Å². The van der Waals surface area contributed by atoms with E-state index in [1.165, 1.54) is 6.33 Å². The Labute approximate surface area is 109 Å². The lowest BCUT2D eigenvalue weighted by atomic mass is 10.2. The topological polar surface area (TPSA) is 76.3 Å². The summed E-state index contributed by atoms with van der Waals surface area (Å²) < 4.78 is 5.54. The number of nitrogen functional groups attached to an aromatic ring is 1. The van der Waals surface area contributed by atoms with Crippen LogP contribution < -0.4 is 15.8 Å². The van der Waals surface area contributed by atoms with Crippen LogP contribution in [0.15, 0.2) is 6.33 Å². The molecule has 1 aromatic heterocycles. The molecule has 6 nitrogen and oxygen atoms in total. The van der Waals surface area contributed by atoms with Gasteiger partial charge in [-0.05, 0) is 20.0 Å². The first-order valence-corrected chi connectivity index (χ1v) is 6.12. The molecule has 0 aromatic carbocycles. The first-order valence-electron chi connectivity index (χ1n) is 6.12. The molecular formula is C12H23N5O. The van der Waals surface area contributed by atoms with Crippen molar-refractivity contribution < 1.29 is 4.74 Å². The van der Waals surface area contributed by atoms with Crippen molar-refractivity contribution in [3.05, 3.63) is 6.33 Å². The van der Waals surface area contributed by atoms with Gasteiger partial charge in [0.15, 0.2) is 5.82 Å². The van der Waals surface area contributed by atoms with Crippen LogP contribution >= 0.6 is 0 Å². The van der Waals surface area contributed by atoms with Crippen LogP contribution in [0.5, 0.6) is 5.88 Å². The normalized spacial score (nSPS) is 11.0. The molecule has 18 heavy (non-hydrogen) atoms. The predicted octanol–water partition coefficient (Wildman–Crippen LogP) is 1.07. The third-order valence-corrected chi connectivity index (χ3v) is 2.25. The molecule has 0 aliphatic rings. The van der Waals surface area contributed by atoms with Crippen molar-refractivity contribution in [2.75, 3.05) is 44.8 Å². The summed E-state index contributed by atoms with van der Waals surface area (Å²) in [5.41, 5.74) is 6.43. The van der Waals surface area contributed by atoms with Crippen LogP contribution in [0.2, 0.25) is 0 Å². The van der Waals surface area contributed by atoms with Gasteiger partial charge in [0.2, 0.25) is 5.88 Å². The van der Waals surface area contributed by atoms with Crippen LogP contribution in [0.3, 0.4) is 0 Å². The molecule has 0 bridgehead atoms. The van der Waals surface area contributed by atoms with E-state index in [2.05, 4.69) is 34.0 Å². The Kier molecular flexibility index (Phi) is 5.64. The Morgan fingerprint density at radius 2 is 2.11 bits per heavy atom. The van der Waals surface area contributed by atoms with Crippen LogP contribution in [0, 0.1) is 5.92 Å². The van der Waals surface area contributed by atoms with Gasteiger partial charge in [-0.1, -0.05) is 13.8 Å². The number of likely N-dealkylation sites (N-methyl/N-ethyl adjacent to an activating group) is 1. The monoisotopic (exact) mass is 253 g/mol. The number of hydrogen-bond acceptors (Lipinski definition) is 6. The smallest absolute Gasteiger partial charge is 0.242 e. The zero-order chi connectivity index (χ0) is 13.5. The zero-order valence-electron chi connectivity index (χ0n) is 11.6. The van der Waals surface area contributed by atoms with Crippen molar-refractivity contribution in [1.82, 2.24) is 14.9 Å². The highest BCUT2D eigenvalue weighted by molar-refractivity contribution is 5.66. The third kappa shape index (κ3) is 4.75. The summed E-state index contributed by atoms with van der Waals surface area (Å²) in [6.07, 6.45) is 1.46. The molecule has 0 saturated heterocycles. The second kappa shape index (κ2) is 7.00. The van der Waals surface area contributed by atoms with E-state index in [9.17, 15) is 0 Å². The van der Waals surface area contributed by atoms with Crippen LogP contribution in [-0.2, 0) is 0 Å². The molecular weight excluding hydrogens is 230 g/mol.